The van der Waals surface area contributed by atoms with Crippen LogP contribution in [0.15, 0.2) is 24.3 Å². The maximum Gasteiger partial charge on any atom is 0.387 e. The highest BCUT2D eigenvalue weighted by atomic mass is 19.3. The van der Waals surface area contributed by atoms with E-state index in [2.05, 4.69) is 23.9 Å². The average Bonchev–Trinajstić information content (AvgIpc) is 2.44. The van der Waals surface area contributed by atoms with Crippen LogP contribution in [-0.4, -0.2) is 25.4 Å². The number of hydrogen-bond donors (Lipinski definition) is 1. The van der Waals surface area contributed by atoms with Crippen molar-refractivity contribution >= 4 is 5.69 Å². The molecular formula is C16H21F2NO2. The zero-order valence-corrected chi connectivity index (χ0v) is 12.3. The fraction of sp³-hybridized carbons (Fsp3) is 0.625. The predicted octanol–water partition coefficient (Wildman–Crippen LogP) is 3.90. The number of fused-ring (bicyclic) bond motifs is 1. The molecule has 1 aliphatic heterocycles. The second-order valence-corrected chi connectivity index (χ2v) is 6.45. The summed E-state index contributed by atoms with van der Waals surface area (Å²) >= 11 is 0. The van der Waals surface area contributed by atoms with Gasteiger partial charge in [0.25, 0.3) is 0 Å². The summed E-state index contributed by atoms with van der Waals surface area (Å²) in [5, 5.41) is 3.48. The molecule has 1 aliphatic carbocycles. The Kier molecular flexibility index (Phi) is 3.78. The van der Waals surface area contributed by atoms with Crippen LogP contribution in [0, 0.1) is 11.3 Å². The number of rotatable bonds is 4. The molecule has 1 N–H and O–H groups in total. The number of alkyl halides is 2. The molecule has 21 heavy (non-hydrogen) atoms. The van der Waals surface area contributed by atoms with E-state index >= 15 is 0 Å². The van der Waals surface area contributed by atoms with Gasteiger partial charge in [-0.1, -0.05) is 19.9 Å². The first-order valence-corrected chi connectivity index (χ1v) is 7.41. The highest BCUT2D eigenvalue weighted by Gasteiger charge is 2.57. The Hall–Kier alpha value is -1.36. The van der Waals surface area contributed by atoms with E-state index in [1.807, 2.05) is 6.07 Å². The predicted molar refractivity (Wildman–Crippen MR) is 76.7 cm³/mol. The van der Waals surface area contributed by atoms with Gasteiger partial charge in [0.15, 0.2) is 0 Å². The van der Waals surface area contributed by atoms with E-state index in [0.717, 1.165) is 25.1 Å². The largest absolute Gasteiger partial charge is 0.435 e. The first kappa shape index (κ1) is 14.6. The molecule has 116 valence electrons. The van der Waals surface area contributed by atoms with Gasteiger partial charge in [-0.05, 0) is 25.0 Å². The van der Waals surface area contributed by atoms with Crippen LogP contribution in [0.4, 0.5) is 14.5 Å². The van der Waals surface area contributed by atoms with E-state index in [1.165, 1.54) is 6.07 Å². The van der Waals surface area contributed by atoms with Crippen LogP contribution in [-0.2, 0) is 4.74 Å². The Bertz CT molecular complexity index is 507. The normalized spacial score (nSPS) is 30.4. The molecule has 1 aromatic carbocycles. The van der Waals surface area contributed by atoms with Crippen molar-refractivity contribution in [2.45, 2.75) is 45.4 Å². The highest BCUT2D eigenvalue weighted by molar-refractivity contribution is 5.50. The Morgan fingerprint density at radius 3 is 2.95 bits per heavy atom. The second kappa shape index (κ2) is 5.44. The number of anilines is 1. The zero-order valence-electron chi connectivity index (χ0n) is 12.3. The summed E-state index contributed by atoms with van der Waals surface area (Å²) in [6.45, 7) is 2.43. The third kappa shape index (κ3) is 2.71. The van der Waals surface area contributed by atoms with E-state index in [-0.39, 0.29) is 11.2 Å². The number of hydrogen-bond acceptors (Lipinski definition) is 3. The monoisotopic (exact) mass is 297 g/mol. The molecule has 1 aromatic rings. The SMILES string of the molecule is CC1(C)C(Nc2cccc(OC(F)F)c2)C2CCCOC21. The topological polar surface area (TPSA) is 30.5 Å². The van der Waals surface area contributed by atoms with Crippen molar-refractivity contribution in [1.29, 1.82) is 0 Å². The molecule has 0 spiro atoms. The highest BCUT2D eigenvalue weighted by Crippen LogP contribution is 2.52. The molecule has 0 bridgehead atoms. The van der Waals surface area contributed by atoms with Gasteiger partial charge in [-0.15, -0.1) is 0 Å². The van der Waals surface area contributed by atoms with Crippen molar-refractivity contribution in [2.75, 3.05) is 11.9 Å². The first-order valence-electron chi connectivity index (χ1n) is 7.41. The average molecular weight is 297 g/mol. The number of halogens is 2. The van der Waals surface area contributed by atoms with Crippen LogP contribution >= 0.6 is 0 Å². The van der Waals surface area contributed by atoms with Crippen LogP contribution < -0.4 is 10.1 Å². The second-order valence-electron chi connectivity index (χ2n) is 6.45. The molecule has 1 heterocycles. The van der Waals surface area contributed by atoms with Crippen molar-refractivity contribution in [3.8, 4) is 5.75 Å². The first-order chi connectivity index (χ1) is 9.98. The lowest BCUT2D eigenvalue weighted by Crippen LogP contribution is -2.67. The summed E-state index contributed by atoms with van der Waals surface area (Å²) in [6, 6.07) is 7.06. The Balaban J connectivity index is 1.71. The Morgan fingerprint density at radius 1 is 1.38 bits per heavy atom. The van der Waals surface area contributed by atoms with Gasteiger partial charge in [-0.3, -0.25) is 0 Å². The lowest BCUT2D eigenvalue weighted by Gasteiger charge is -2.60. The quantitative estimate of drug-likeness (QED) is 0.914. The molecule has 2 fully saturated rings. The molecule has 0 radical (unpaired) electrons. The molecule has 1 saturated carbocycles. The van der Waals surface area contributed by atoms with Gasteiger partial charge in [0.2, 0.25) is 0 Å². The zero-order chi connectivity index (χ0) is 15.0. The fourth-order valence-corrected chi connectivity index (χ4v) is 3.76. The molecule has 3 atom stereocenters. The van der Waals surface area contributed by atoms with Gasteiger partial charge >= 0.3 is 6.61 Å². The fourth-order valence-electron chi connectivity index (χ4n) is 3.76. The number of benzene rings is 1. The smallest absolute Gasteiger partial charge is 0.387 e. The molecule has 3 nitrogen and oxygen atoms in total. The minimum absolute atomic E-state index is 0.0463. The molecule has 0 aromatic heterocycles. The van der Waals surface area contributed by atoms with Crippen LogP contribution in [0.1, 0.15) is 26.7 Å². The van der Waals surface area contributed by atoms with Crippen molar-refractivity contribution in [3.63, 3.8) is 0 Å². The van der Waals surface area contributed by atoms with Gasteiger partial charge in [-0.2, -0.15) is 8.78 Å². The maximum absolute atomic E-state index is 12.3. The maximum atomic E-state index is 12.3. The standard InChI is InChI=1S/C16H21F2NO2/c1-16(2)13(12-7-4-8-20-14(12)16)19-10-5-3-6-11(9-10)21-15(17)18/h3,5-6,9,12-15,19H,4,7-8H2,1-2H3. The molecule has 0 amide bonds. The van der Waals surface area contributed by atoms with Crippen LogP contribution in [0.25, 0.3) is 0 Å². The Labute approximate surface area is 123 Å². The summed E-state index contributed by atoms with van der Waals surface area (Å²) in [5.41, 5.74) is 0.861. The van der Waals surface area contributed by atoms with Crippen molar-refractivity contribution in [1.82, 2.24) is 0 Å². The van der Waals surface area contributed by atoms with Gasteiger partial charge in [0.05, 0.1) is 6.10 Å². The van der Waals surface area contributed by atoms with Gasteiger partial charge in [0, 0.05) is 35.7 Å². The van der Waals surface area contributed by atoms with Gasteiger partial charge in [-0.25, -0.2) is 0 Å². The molecule has 3 unspecified atom stereocenters. The lowest BCUT2D eigenvalue weighted by molar-refractivity contribution is -0.177. The molecule has 1 saturated heterocycles. The summed E-state index contributed by atoms with van der Waals surface area (Å²) < 4.78 is 34.9. The van der Waals surface area contributed by atoms with Crippen molar-refractivity contribution in [3.05, 3.63) is 24.3 Å². The molecule has 3 rings (SSSR count). The molecular weight excluding hydrogens is 276 g/mol. The van der Waals surface area contributed by atoms with E-state index in [1.54, 1.807) is 12.1 Å². The third-order valence-corrected chi connectivity index (χ3v) is 4.71. The lowest BCUT2D eigenvalue weighted by atomic mass is 9.55. The van der Waals surface area contributed by atoms with Gasteiger partial charge in [0.1, 0.15) is 5.75 Å². The minimum atomic E-state index is -2.79. The summed E-state index contributed by atoms with van der Waals surface area (Å²) in [4.78, 5) is 0. The van der Waals surface area contributed by atoms with E-state index in [4.69, 9.17) is 4.74 Å². The third-order valence-electron chi connectivity index (χ3n) is 4.71. The van der Waals surface area contributed by atoms with E-state index in [0.29, 0.717) is 18.1 Å². The molecule has 2 aliphatic rings. The Morgan fingerprint density at radius 2 is 2.19 bits per heavy atom. The molecule has 5 heteroatoms. The van der Waals surface area contributed by atoms with Crippen LogP contribution in [0.2, 0.25) is 0 Å². The van der Waals surface area contributed by atoms with Crippen molar-refractivity contribution in [2.24, 2.45) is 11.3 Å². The summed E-state index contributed by atoms with van der Waals surface area (Å²) in [6.07, 6.45) is 2.53. The number of nitrogens with one attached hydrogen (secondary N) is 1. The summed E-state index contributed by atoms with van der Waals surface area (Å²) in [7, 11) is 0. The van der Waals surface area contributed by atoms with Crippen molar-refractivity contribution < 1.29 is 18.3 Å². The van der Waals surface area contributed by atoms with Gasteiger partial charge < -0.3 is 14.8 Å². The minimum Gasteiger partial charge on any atom is -0.435 e. The van der Waals surface area contributed by atoms with E-state index in [9.17, 15) is 8.78 Å². The van der Waals surface area contributed by atoms with Crippen LogP contribution in [0.3, 0.4) is 0 Å². The summed E-state index contributed by atoms with van der Waals surface area (Å²) in [5.74, 6) is 0.678. The van der Waals surface area contributed by atoms with E-state index < -0.39 is 6.61 Å². The number of ether oxygens (including phenoxy) is 2. The van der Waals surface area contributed by atoms with Crippen LogP contribution in [0.5, 0.6) is 5.75 Å².